The van der Waals surface area contributed by atoms with Crippen molar-refractivity contribution in [3.63, 3.8) is 0 Å². The van der Waals surface area contributed by atoms with E-state index in [9.17, 15) is 22.8 Å². The Balaban J connectivity index is 2.94. The minimum absolute atomic E-state index is 0.0200. The molecule has 1 rings (SSSR count). The zero-order chi connectivity index (χ0) is 13.4. The van der Waals surface area contributed by atoms with Crippen LogP contribution in [0.25, 0.3) is 0 Å². The Kier molecular flexibility index (Phi) is 3.68. The number of rotatable bonds is 1. The molecular weight excluding hydrogens is 239 g/mol. The van der Waals surface area contributed by atoms with Gasteiger partial charge in [-0.05, 0) is 18.3 Å². The molecule has 0 aromatic heterocycles. The Morgan fingerprint density at radius 2 is 1.76 bits per heavy atom. The van der Waals surface area contributed by atoms with E-state index in [1.807, 2.05) is 0 Å². The van der Waals surface area contributed by atoms with Crippen LogP contribution in [-0.2, 0) is 9.59 Å². The van der Waals surface area contributed by atoms with Gasteiger partial charge in [0.1, 0.15) is 6.04 Å². The summed E-state index contributed by atoms with van der Waals surface area (Å²) < 4.78 is 36.9. The molecule has 0 aliphatic carbocycles. The van der Waals surface area contributed by atoms with Gasteiger partial charge in [0.05, 0.1) is 0 Å². The van der Waals surface area contributed by atoms with E-state index in [-0.39, 0.29) is 24.8 Å². The lowest BCUT2D eigenvalue weighted by Gasteiger charge is -2.40. The molecule has 1 aliphatic rings. The number of hydrogen-bond donors (Lipinski definition) is 1. The number of nitrogens with zero attached hydrogens (tertiary/aromatic N) is 1. The van der Waals surface area contributed by atoms with Gasteiger partial charge in [0.25, 0.3) is 0 Å². The molecule has 3 unspecified atom stereocenters. The summed E-state index contributed by atoms with van der Waals surface area (Å²) in [5.41, 5.74) is 0. The van der Waals surface area contributed by atoms with Gasteiger partial charge in [0.15, 0.2) is 0 Å². The number of hydrogen-bond acceptors (Lipinski definition) is 2. The fraction of sp³-hybridized carbons (Fsp3) is 0.800. The molecule has 1 heterocycles. The van der Waals surface area contributed by atoms with E-state index < -0.39 is 24.1 Å². The predicted molar refractivity (Wildman–Crippen MR) is 52.1 cm³/mol. The first-order valence-electron chi connectivity index (χ1n) is 5.25. The van der Waals surface area contributed by atoms with Crippen molar-refractivity contribution in [2.45, 2.75) is 32.5 Å². The van der Waals surface area contributed by atoms with Crippen molar-refractivity contribution >= 4 is 11.9 Å². The van der Waals surface area contributed by atoms with Gasteiger partial charge in [-0.2, -0.15) is 13.2 Å². The molecular formula is C10H14F3NO3. The number of piperidine rings is 1. The first-order chi connectivity index (χ1) is 7.64. The average molecular weight is 253 g/mol. The molecule has 0 aromatic rings. The van der Waals surface area contributed by atoms with Crippen LogP contribution in [0.15, 0.2) is 0 Å². The molecule has 0 saturated carbocycles. The van der Waals surface area contributed by atoms with Crippen LogP contribution in [0.3, 0.4) is 0 Å². The third kappa shape index (κ3) is 2.89. The van der Waals surface area contributed by atoms with E-state index in [0.29, 0.717) is 4.90 Å². The third-order valence-electron chi connectivity index (χ3n) is 3.22. The SMILES string of the molecule is CC1CC(C(=O)O)N(C(=O)C(F)(F)F)CC1C. The molecule has 7 heteroatoms. The van der Waals surface area contributed by atoms with E-state index >= 15 is 0 Å². The zero-order valence-electron chi connectivity index (χ0n) is 9.49. The van der Waals surface area contributed by atoms with E-state index in [4.69, 9.17) is 5.11 Å². The maximum atomic E-state index is 12.3. The van der Waals surface area contributed by atoms with E-state index in [0.717, 1.165) is 0 Å². The van der Waals surface area contributed by atoms with Gasteiger partial charge in [0, 0.05) is 6.54 Å². The highest BCUT2D eigenvalue weighted by atomic mass is 19.4. The Morgan fingerprint density at radius 3 is 2.18 bits per heavy atom. The van der Waals surface area contributed by atoms with Crippen molar-refractivity contribution in [2.24, 2.45) is 11.8 Å². The van der Waals surface area contributed by atoms with Gasteiger partial charge in [-0.15, -0.1) is 0 Å². The summed E-state index contributed by atoms with van der Waals surface area (Å²) >= 11 is 0. The van der Waals surface area contributed by atoms with Crippen LogP contribution >= 0.6 is 0 Å². The smallest absolute Gasteiger partial charge is 0.471 e. The fourth-order valence-corrected chi connectivity index (χ4v) is 1.95. The summed E-state index contributed by atoms with van der Waals surface area (Å²) in [5.74, 6) is -3.62. The minimum atomic E-state index is -5.02. The second-order valence-corrected chi connectivity index (χ2v) is 4.50. The van der Waals surface area contributed by atoms with Gasteiger partial charge >= 0.3 is 18.1 Å². The number of carbonyl (C=O) groups is 2. The van der Waals surface area contributed by atoms with Gasteiger partial charge in [-0.25, -0.2) is 4.79 Å². The first kappa shape index (κ1) is 13.8. The summed E-state index contributed by atoms with van der Waals surface area (Å²) in [6.45, 7) is 3.31. The van der Waals surface area contributed by atoms with Crippen molar-refractivity contribution in [1.82, 2.24) is 4.90 Å². The molecule has 0 bridgehead atoms. The van der Waals surface area contributed by atoms with E-state index in [1.54, 1.807) is 13.8 Å². The van der Waals surface area contributed by atoms with Crippen LogP contribution in [-0.4, -0.2) is 40.6 Å². The number of halogens is 3. The Morgan fingerprint density at radius 1 is 1.24 bits per heavy atom. The summed E-state index contributed by atoms with van der Waals surface area (Å²) in [6, 6.07) is -1.38. The lowest BCUT2D eigenvalue weighted by atomic mass is 9.84. The standard InChI is InChI=1S/C10H14F3NO3/c1-5-3-7(8(15)16)14(4-6(5)2)9(17)10(11,12)13/h5-7H,3-4H2,1-2H3,(H,15,16). The summed E-state index contributed by atoms with van der Waals surface area (Å²) in [5, 5.41) is 8.87. The lowest BCUT2D eigenvalue weighted by Crippen LogP contribution is -2.56. The first-order valence-corrected chi connectivity index (χ1v) is 5.25. The highest BCUT2D eigenvalue weighted by Crippen LogP contribution is 2.31. The molecule has 1 saturated heterocycles. The molecule has 1 aliphatic heterocycles. The van der Waals surface area contributed by atoms with Crippen LogP contribution in [0, 0.1) is 11.8 Å². The Bertz CT molecular complexity index is 329. The van der Waals surface area contributed by atoms with Gasteiger partial charge < -0.3 is 10.0 Å². The second-order valence-electron chi connectivity index (χ2n) is 4.50. The average Bonchev–Trinajstić information content (AvgIpc) is 2.18. The monoisotopic (exact) mass is 253 g/mol. The zero-order valence-corrected chi connectivity index (χ0v) is 9.49. The quantitative estimate of drug-likeness (QED) is 0.770. The number of aliphatic carboxylic acids is 1. The van der Waals surface area contributed by atoms with Crippen LogP contribution in [0.1, 0.15) is 20.3 Å². The van der Waals surface area contributed by atoms with Crippen molar-refractivity contribution in [2.75, 3.05) is 6.54 Å². The molecule has 98 valence electrons. The molecule has 17 heavy (non-hydrogen) atoms. The summed E-state index contributed by atoms with van der Waals surface area (Å²) in [7, 11) is 0. The van der Waals surface area contributed by atoms with Crippen LogP contribution in [0.4, 0.5) is 13.2 Å². The number of carboxylic acids is 1. The highest BCUT2D eigenvalue weighted by Gasteiger charge is 2.48. The number of carboxylic acid groups (broad SMARTS) is 1. The number of carbonyl (C=O) groups excluding carboxylic acids is 1. The van der Waals surface area contributed by atoms with Crippen molar-refractivity contribution in [1.29, 1.82) is 0 Å². The number of amides is 1. The van der Waals surface area contributed by atoms with E-state index in [2.05, 4.69) is 0 Å². The van der Waals surface area contributed by atoms with Crippen molar-refractivity contribution in [3.8, 4) is 0 Å². The van der Waals surface area contributed by atoms with Crippen molar-refractivity contribution < 1.29 is 27.9 Å². The molecule has 1 amide bonds. The summed E-state index contributed by atoms with van der Waals surface area (Å²) in [4.78, 5) is 22.4. The minimum Gasteiger partial charge on any atom is -0.480 e. The largest absolute Gasteiger partial charge is 0.480 e. The van der Waals surface area contributed by atoms with Crippen LogP contribution < -0.4 is 0 Å². The van der Waals surface area contributed by atoms with Crippen LogP contribution in [0.5, 0.6) is 0 Å². The normalized spacial score (nSPS) is 30.2. The van der Waals surface area contributed by atoms with Gasteiger partial charge in [0.2, 0.25) is 0 Å². The summed E-state index contributed by atoms with van der Waals surface area (Å²) in [6.07, 6.45) is -4.97. The molecule has 0 radical (unpaired) electrons. The molecule has 1 fully saturated rings. The molecule has 3 atom stereocenters. The lowest BCUT2D eigenvalue weighted by molar-refractivity contribution is -0.193. The molecule has 0 spiro atoms. The van der Waals surface area contributed by atoms with Gasteiger partial charge in [-0.3, -0.25) is 4.79 Å². The van der Waals surface area contributed by atoms with Crippen LogP contribution in [0.2, 0.25) is 0 Å². The fourth-order valence-electron chi connectivity index (χ4n) is 1.95. The Labute approximate surface area is 96.4 Å². The van der Waals surface area contributed by atoms with E-state index in [1.165, 1.54) is 0 Å². The topological polar surface area (TPSA) is 57.6 Å². The maximum absolute atomic E-state index is 12.3. The highest BCUT2D eigenvalue weighted by molar-refractivity contribution is 5.87. The third-order valence-corrected chi connectivity index (χ3v) is 3.22. The second kappa shape index (κ2) is 4.54. The Hall–Kier alpha value is -1.27. The van der Waals surface area contributed by atoms with Crippen molar-refractivity contribution in [3.05, 3.63) is 0 Å². The number of alkyl halides is 3. The molecule has 1 N–H and O–H groups in total. The number of likely N-dealkylation sites (tertiary alicyclic amines) is 1. The maximum Gasteiger partial charge on any atom is 0.471 e. The molecule has 4 nitrogen and oxygen atoms in total. The predicted octanol–water partition coefficient (Wildman–Crippen LogP) is 1.51. The van der Waals surface area contributed by atoms with Gasteiger partial charge in [-0.1, -0.05) is 13.8 Å². The molecule has 0 aromatic carbocycles.